The second-order valence-corrected chi connectivity index (χ2v) is 6.67. The van der Waals surface area contributed by atoms with E-state index in [0.29, 0.717) is 6.54 Å². The smallest absolute Gasteiger partial charge is 0.382 e. The summed E-state index contributed by atoms with van der Waals surface area (Å²) in [6, 6.07) is 0. The molecule has 0 heterocycles. The van der Waals surface area contributed by atoms with Crippen molar-refractivity contribution in [3.8, 4) is 0 Å². The van der Waals surface area contributed by atoms with E-state index in [0.717, 1.165) is 6.54 Å². The van der Waals surface area contributed by atoms with Gasteiger partial charge < -0.3 is 15.2 Å². The van der Waals surface area contributed by atoms with Gasteiger partial charge in [0.25, 0.3) is 0 Å². The van der Waals surface area contributed by atoms with E-state index in [-0.39, 0.29) is 7.43 Å². The van der Waals surface area contributed by atoms with Gasteiger partial charge in [0.05, 0.1) is 0 Å². The summed E-state index contributed by atoms with van der Waals surface area (Å²) < 4.78 is 3.50. The van der Waals surface area contributed by atoms with Crippen molar-refractivity contribution < 1.29 is 19.1 Å². The molecular formula is C9H16Cl6N2O4. The Hall–Kier alpha value is 0.350. The molecule has 0 aliphatic carbocycles. The second-order valence-electron chi connectivity index (χ2n) is 2.32. The van der Waals surface area contributed by atoms with Gasteiger partial charge in [0.2, 0.25) is 6.08 Å². The predicted octanol–water partition coefficient (Wildman–Crippen LogP) is 4.74. The van der Waals surface area contributed by atoms with Crippen molar-refractivity contribution in [1.29, 1.82) is 0 Å². The zero-order valence-electron chi connectivity index (χ0n) is 10.3. The molecule has 0 saturated carbocycles. The van der Waals surface area contributed by atoms with Crippen molar-refractivity contribution in [1.82, 2.24) is 0 Å². The molecule has 0 amide bonds. The number of rotatable bonds is 1. The van der Waals surface area contributed by atoms with Crippen LogP contribution < -0.4 is 5.73 Å². The minimum absolute atomic E-state index is 0. The van der Waals surface area contributed by atoms with Crippen LogP contribution in [0.1, 0.15) is 21.3 Å². The van der Waals surface area contributed by atoms with Crippen LogP contribution in [0.2, 0.25) is 0 Å². The number of isocyanates is 1. The Morgan fingerprint density at radius 1 is 1.10 bits per heavy atom. The normalized spacial score (nSPS) is 9.38. The molecule has 6 nitrogen and oxygen atoms in total. The van der Waals surface area contributed by atoms with Crippen LogP contribution in [-0.4, -0.2) is 33.3 Å². The summed E-state index contributed by atoms with van der Waals surface area (Å²) in [5.74, 6) is 0. The average molecular weight is 429 g/mol. The molecule has 0 aliphatic rings. The fourth-order valence-corrected chi connectivity index (χ4v) is 0.652. The molecule has 0 aromatic heterocycles. The molecular weight excluding hydrogens is 413 g/mol. The fourth-order valence-electron chi connectivity index (χ4n) is 0.274. The van der Waals surface area contributed by atoms with Crippen LogP contribution in [0.4, 0.5) is 4.79 Å². The molecule has 0 spiro atoms. The lowest BCUT2D eigenvalue weighted by molar-refractivity contribution is 0.0508. The van der Waals surface area contributed by atoms with Gasteiger partial charge >= 0.3 is 14.1 Å². The van der Waals surface area contributed by atoms with E-state index in [1.807, 2.05) is 6.92 Å². The minimum atomic E-state index is -2.24. The SMILES string of the molecule is C.CCN.CCN=C=O.O=C(OC(Cl)(Cl)Cl)OC(Cl)(Cl)Cl. The lowest BCUT2D eigenvalue weighted by Crippen LogP contribution is -2.22. The first-order valence-electron chi connectivity index (χ1n) is 4.72. The van der Waals surface area contributed by atoms with Crippen LogP contribution in [0.5, 0.6) is 0 Å². The molecule has 0 rings (SSSR count). The molecule has 0 aromatic rings. The maximum absolute atomic E-state index is 10.5. The molecule has 0 aromatic carbocycles. The first-order valence-corrected chi connectivity index (χ1v) is 6.99. The van der Waals surface area contributed by atoms with Crippen molar-refractivity contribution in [3.05, 3.63) is 0 Å². The lowest BCUT2D eigenvalue weighted by Gasteiger charge is -2.15. The third kappa shape index (κ3) is 44.9. The predicted molar refractivity (Wildman–Crippen MR) is 88.3 cm³/mol. The van der Waals surface area contributed by atoms with Crippen LogP contribution >= 0.6 is 69.6 Å². The molecule has 0 saturated heterocycles. The molecule has 0 bridgehead atoms. The molecule has 128 valence electrons. The third-order valence-electron chi connectivity index (χ3n) is 0.621. The Labute approximate surface area is 153 Å². The number of hydrogen-bond donors (Lipinski definition) is 1. The third-order valence-corrected chi connectivity index (χ3v) is 1.08. The quantitative estimate of drug-likeness (QED) is 0.282. The summed E-state index contributed by atoms with van der Waals surface area (Å²) in [7, 11) is 0. The van der Waals surface area contributed by atoms with Crippen LogP contribution in [0.15, 0.2) is 4.99 Å². The van der Waals surface area contributed by atoms with Crippen molar-refractivity contribution in [2.45, 2.75) is 29.2 Å². The molecule has 2 N–H and O–H groups in total. The summed E-state index contributed by atoms with van der Waals surface area (Å²) in [5.41, 5.74) is 4.85. The summed E-state index contributed by atoms with van der Waals surface area (Å²) in [5, 5.41) is 0. The zero-order valence-corrected chi connectivity index (χ0v) is 14.9. The van der Waals surface area contributed by atoms with E-state index in [2.05, 4.69) is 14.5 Å². The highest BCUT2D eigenvalue weighted by Crippen LogP contribution is 2.32. The van der Waals surface area contributed by atoms with Crippen LogP contribution in [0, 0.1) is 0 Å². The summed E-state index contributed by atoms with van der Waals surface area (Å²) in [6.45, 7) is 4.98. The molecule has 0 unspecified atom stereocenters. The van der Waals surface area contributed by atoms with Gasteiger partial charge in [-0.25, -0.2) is 14.6 Å². The highest BCUT2D eigenvalue weighted by Gasteiger charge is 2.32. The number of nitrogens with two attached hydrogens (primary N) is 1. The summed E-state index contributed by atoms with van der Waals surface area (Å²) in [4.78, 5) is 22.8. The maximum atomic E-state index is 10.5. The second kappa shape index (κ2) is 16.7. The topological polar surface area (TPSA) is 91.0 Å². The van der Waals surface area contributed by atoms with Crippen molar-refractivity contribution in [3.63, 3.8) is 0 Å². The molecule has 12 heteroatoms. The highest BCUT2D eigenvalue weighted by molar-refractivity contribution is 6.67. The first-order chi connectivity index (χ1) is 8.93. The monoisotopic (exact) mass is 426 g/mol. The largest absolute Gasteiger partial charge is 0.515 e. The van der Waals surface area contributed by atoms with E-state index in [4.69, 9.17) is 80.1 Å². The van der Waals surface area contributed by atoms with E-state index < -0.39 is 14.1 Å². The number of alkyl halides is 6. The van der Waals surface area contributed by atoms with Gasteiger partial charge in [-0.3, -0.25) is 0 Å². The van der Waals surface area contributed by atoms with Crippen LogP contribution in [0.25, 0.3) is 0 Å². The van der Waals surface area contributed by atoms with Crippen molar-refractivity contribution in [2.75, 3.05) is 13.1 Å². The molecule has 0 aliphatic heterocycles. The Morgan fingerprint density at radius 2 is 1.38 bits per heavy atom. The van der Waals surface area contributed by atoms with Crippen molar-refractivity contribution >= 4 is 81.8 Å². The number of halogens is 6. The Balaban J connectivity index is -0.000000135. The average Bonchev–Trinajstić information content (AvgIpc) is 2.14. The lowest BCUT2D eigenvalue weighted by atomic mass is 10.8. The van der Waals surface area contributed by atoms with Crippen molar-refractivity contribution in [2.24, 2.45) is 10.7 Å². The molecule has 0 radical (unpaired) electrons. The Kier molecular flexibility index (Phi) is 23.4. The van der Waals surface area contributed by atoms with Gasteiger partial charge in [-0.15, -0.1) is 0 Å². The van der Waals surface area contributed by atoms with Gasteiger partial charge in [-0.1, -0.05) is 14.4 Å². The number of hydrogen-bond acceptors (Lipinski definition) is 6. The first kappa shape index (κ1) is 29.4. The van der Waals surface area contributed by atoms with E-state index >= 15 is 0 Å². The number of carbonyl (C=O) groups is 1. The number of carbonyl (C=O) groups excluding carboxylic acids is 2. The van der Waals surface area contributed by atoms with Crippen LogP contribution in [0.3, 0.4) is 0 Å². The van der Waals surface area contributed by atoms with Gasteiger partial charge in [0, 0.05) is 6.54 Å². The summed E-state index contributed by atoms with van der Waals surface area (Å²) >= 11 is 30.2. The Morgan fingerprint density at radius 3 is 1.48 bits per heavy atom. The van der Waals surface area contributed by atoms with Gasteiger partial charge in [0.15, 0.2) is 0 Å². The minimum Gasteiger partial charge on any atom is -0.382 e. The molecule has 0 fully saturated rings. The zero-order chi connectivity index (χ0) is 16.8. The molecule has 0 atom stereocenters. The van der Waals surface area contributed by atoms with Crippen LogP contribution in [-0.2, 0) is 14.3 Å². The van der Waals surface area contributed by atoms with E-state index in [9.17, 15) is 4.79 Å². The van der Waals surface area contributed by atoms with Gasteiger partial charge in [-0.2, -0.15) is 0 Å². The van der Waals surface area contributed by atoms with E-state index in [1.165, 1.54) is 6.08 Å². The van der Waals surface area contributed by atoms with E-state index in [1.54, 1.807) is 6.92 Å². The highest BCUT2D eigenvalue weighted by atomic mass is 35.6. The number of aliphatic imine (C=N–C) groups is 1. The molecule has 21 heavy (non-hydrogen) atoms. The number of ether oxygens (including phenoxy) is 2. The maximum Gasteiger partial charge on any atom is 0.515 e. The van der Waals surface area contributed by atoms with Gasteiger partial charge in [0.1, 0.15) is 0 Å². The van der Waals surface area contributed by atoms with Gasteiger partial charge in [-0.05, 0) is 83.1 Å². The standard InChI is InChI=1S/C3Cl6O3.C3H5NO.C2H7N.CH4/c4-2(5,6)11-1(10)12-3(7,8)9;1-2-4-3-5;1-2-3;/h;2H2,1H3;2-3H2,1H3;1H4. The summed E-state index contributed by atoms with van der Waals surface area (Å²) in [6.07, 6.45) is -0.0150. The number of nitrogens with zero attached hydrogens (tertiary/aromatic N) is 1. The fraction of sp³-hybridized carbons (Fsp3) is 0.778. The Bertz CT molecular complexity index is 282.